The number of piperidine rings is 1. The fourth-order valence-electron chi connectivity index (χ4n) is 5.93. The van der Waals surface area contributed by atoms with Crippen molar-refractivity contribution in [3.05, 3.63) is 30.0 Å². The number of nitrogens with two attached hydrogens (primary N) is 1. The number of ether oxygens (including phenoxy) is 2. The van der Waals surface area contributed by atoms with Crippen LogP contribution in [-0.2, 0) is 15.0 Å². The Bertz CT molecular complexity index is 1060. The third-order valence-corrected chi connectivity index (χ3v) is 8.67. The highest BCUT2D eigenvalue weighted by molar-refractivity contribution is 8.11. The highest BCUT2D eigenvalue weighted by Gasteiger charge is 2.52. The van der Waals surface area contributed by atoms with Crippen LogP contribution in [0.15, 0.2) is 24.5 Å². The number of likely N-dealkylation sites (tertiary alicyclic amines) is 1. The van der Waals surface area contributed by atoms with Crippen molar-refractivity contribution in [1.29, 1.82) is 0 Å². The van der Waals surface area contributed by atoms with Crippen LogP contribution < -0.4 is 20.5 Å². The largest absolute Gasteiger partial charge is 0.480 e. The fourth-order valence-corrected chi connectivity index (χ4v) is 6.67. The first-order valence-corrected chi connectivity index (χ1v) is 15.1. The van der Waals surface area contributed by atoms with E-state index in [-0.39, 0.29) is 28.9 Å². The van der Waals surface area contributed by atoms with Crippen molar-refractivity contribution in [2.75, 3.05) is 39.0 Å². The molecule has 1 fully saturated rings. The van der Waals surface area contributed by atoms with Gasteiger partial charge in [0.2, 0.25) is 11.0 Å². The minimum absolute atomic E-state index is 0.0302. The number of carbonyl (C=O) groups is 2. The molecule has 0 aliphatic carbocycles. The summed E-state index contributed by atoms with van der Waals surface area (Å²) >= 11 is 1.27. The van der Waals surface area contributed by atoms with Crippen LogP contribution in [0.1, 0.15) is 72.8 Å². The number of amides is 1. The van der Waals surface area contributed by atoms with Crippen molar-refractivity contribution in [2.45, 2.75) is 84.3 Å². The van der Waals surface area contributed by atoms with E-state index in [2.05, 4.69) is 24.1 Å². The van der Waals surface area contributed by atoms with E-state index in [0.29, 0.717) is 36.7 Å². The first-order valence-electron chi connectivity index (χ1n) is 14.3. The van der Waals surface area contributed by atoms with E-state index in [1.807, 2.05) is 64.3 Å². The zero-order valence-electron chi connectivity index (χ0n) is 25.0. The van der Waals surface area contributed by atoms with E-state index in [0.717, 1.165) is 31.4 Å². The van der Waals surface area contributed by atoms with Crippen LogP contribution in [0.3, 0.4) is 0 Å². The molecule has 1 saturated heterocycles. The maximum atomic E-state index is 13.8. The highest BCUT2D eigenvalue weighted by Crippen LogP contribution is 2.53. The molecule has 0 saturated carbocycles. The normalized spacial score (nSPS) is 24.5. The molecule has 0 bridgehead atoms. The summed E-state index contributed by atoms with van der Waals surface area (Å²) in [6.45, 7) is 14.1. The number of rotatable bonds is 8. The molecule has 3 unspecified atom stereocenters. The first-order chi connectivity index (χ1) is 18.5. The van der Waals surface area contributed by atoms with Crippen molar-refractivity contribution in [1.82, 2.24) is 9.21 Å². The number of carbonyl (C=O) groups excluding carboxylic acids is 2. The Hall–Kier alpha value is -2.07. The molecule has 0 spiro atoms. The second-order valence-electron chi connectivity index (χ2n) is 11.6. The number of hydrogen-bond donors (Lipinski definition) is 2. The molecular weight excluding hydrogens is 512 g/mol. The summed E-state index contributed by atoms with van der Waals surface area (Å²) in [5.41, 5.74) is 6.68. The van der Waals surface area contributed by atoms with Crippen molar-refractivity contribution < 1.29 is 19.1 Å². The van der Waals surface area contributed by atoms with Gasteiger partial charge in [-0.05, 0) is 102 Å². The highest BCUT2D eigenvalue weighted by atomic mass is 32.2. The Morgan fingerprint density at radius 1 is 1.26 bits per heavy atom. The number of hydrogen-bond acceptors (Lipinski definition) is 8. The lowest BCUT2D eigenvalue weighted by molar-refractivity contribution is -0.123. The van der Waals surface area contributed by atoms with Crippen LogP contribution in [0.25, 0.3) is 0 Å². The molecule has 3 heterocycles. The Morgan fingerprint density at radius 3 is 2.62 bits per heavy atom. The van der Waals surface area contributed by atoms with E-state index < -0.39 is 11.0 Å². The van der Waals surface area contributed by atoms with E-state index in [1.165, 1.54) is 11.9 Å². The molecule has 3 aliphatic rings. The first kappa shape index (κ1) is 31.5. The molecule has 1 amide bonds. The van der Waals surface area contributed by atoms with Gasteiger partial charge in [0, 0.05) is 6.54 Å². The van der Waals surface area contributed by atoms with Gasteiger partial charge in [-0.3, -0.25) is 18.8 Å². The fraction of sp³-hybridized carbons (Fsp3) is 0.667. The molecule has 4 rings (SSSR count). The minimum Gasteiger partial charge on any atom is -0.480 e. The average Bonchev–Trinajstić information content (AvgIpc) is 3.06. The molecule has 9 heteroatoms. The van der Waals surface area contributed by atoms with Crippen molar-refractivity contribution in [3.63, 3.8) is 0 Å². The van der Waals surface area contributed by atoms with Crippen LogP contribution in [0.2, 0.25) is 0 Å². The summed E-state index contributed by atoms with van der Waals surface area (Å²) in [4.78, 5) is 29.1. The van der Waals surface area contributed by atoms with Gasteiger partial charge in [0.15, 0.2) is 11.5 Å². The number of anilines is 1. The van der Waals surface area contributed by atoms with Gasteiger partial charge >= 0.3 is 0 Å². The number of nitrogens with one attached hydrogen (secondary N) is 1. The second kappa shape index (κ2) is 13.1. The van der Waals surface area contributed by atoms with Crippen LogP contribution in [0.4, 0.5) is 5.69 Å². The quantitative estimate of drug-likeness (QED) is 0.420. The Balaban J connectivity index is 0.00000205. The van der Waals surface area contributed by atoms with E-state index >= 15 is 0 Å². The summed E-state index contributed by atoms with van der Waals surface area (Å²) in [7, 11) is 3.79. The summed E-state index contributed by atoms with van der Waals surface area (Å²) in [6, 6.07) is 3.80. The van der Waals surface area contributed by atoms with Gasteiger partial charge in [0.05, 0.1) is 23.4 Å². The third kappa shape index (κ3) is 6.64. The lowest BCUT2D eigenvalue weighted by atomic mass is 9.67. The van der Waals surface area contributed by atoms with Gasteiger partial charge in [-0.15, -0.1) is 0 Å². The molecule has 3 aliphatic heterocycles. The Kier molecular flexibility index (Phi) is 10.5. The number of benzene rings is 1. The summed E-state index contributed by atoms with van der Waals surface area (Å²) < 4.78 is 14.0. The minimum atomic E-state index is -0.753. The summed E-state index contributed by atoms with van der Waals surface area (Å²) in [5.74, 6) is 1.20. The van der Waals surface area contributed by atoms with Gasteiger partial charge in [-0.2, -0.15) is 0 Å². The average molecular weight is 561 g/mol. The van der Waals surface area contributed by atoms with Gasteiger partial charge in [-0.25, -0.2) is 0 Å². The van der Waals surface area contributed by atoms with Gasteiger partial charge in [0.1, 0.15) is 5.60 Å². The summed E-state index contributed by atoms with van der Waals surface area (Å²) in [5, 5.41) is 3.32. The monoisotopic (exact) mass is 560 g/mol. The maximum Gasteiger partial charge on any atom is 0.235 e. The molecule has 218 valence electrons. The molecule has 3 N–H and O–H groups in total. The maximum absolute atomic E-state index is 13.8. The second-order valence-corrected chi connectivity index (χ2v) is 12.9. The lowest BCUT2D eigenvalue weighted by Gasteiger charge is -2.40. The van der Waals surface area contributed by atoms with Crippen LogP contribution in [-0.4, -0.2) is 65.6 Å². The molecule has 8 nitrogen and oxygen atoms in total. The molecule has 1 aromatic carbocycles. The SMILES string of the molecule is CC.CC(C)C1(CC(CN)CN2CCCCC2C(=O)SN(C)C)C(=O)Nc2c1ccc1c2OC=CC(C)(C)O1. The van der Waals surface area contributed by atoms with Gasteiger partial charge in [0.25, 0.3) is 0 Å². The van der Waals surface area contributed by atoms with Crippen LogP contribution in [0.5, 0.6) is 11.5 Å². The van der Waals surface area contributed by atoms with E-state index in [9.17, 15) is 9.59 Å². The van der Waals surface area contributed by atoms with Crippen LogP contribution >= 0.6 is 11.9 Å². The zero-order chi connectivity index (χ0) is 29.0. The predicted molar refractivity (Wildman–Crippen MR) is 160 cm³/mol. The Morgan fingerprint density at radius 2 is 1.97 bits per heavy atom. The number of nitrogens with zero attached hydrogens (tertiary/aromatic N) is 2. The van der Waals surface area contributed by atoms with E-state index in [4.69, 9.17) is 15.2 Å². The molecule has 3 atom stereocenters. The molecule has 0 radical (unpaired) electrons. The van der Waals surface area contributed by atoms with Crippen LogP contribution in [0, 0.1) is 11.8 Å². The Labute approximate surface area is 239 Å². The zero-order valence-corrected chi connectivity index (χ0v) is 25.8. The smallest absolute Gasteiger partial charge is 0.235 e. The molecule has 0 aromatic heterocycles. The third-order valence-electron chi connectivity index (χ3n) is 7.85. The van der Waals surface area contributed by atoms with E-state index in [1.54, 1.807) is 6.26 Å². The number of fused-ring (bicyclic) bond motifs is 3. The van der Waals surface area contributed by atoms with Crippen molar-refractivity contribution >= 4 is 28.7 Å². The van der Waals surface area contributed by atoms with Crippen molar-refractivity contribution in [3.8, 4) is 11.5 Å². The summed E-state index contributed by atoms with van der Waals surface area (Å²) in [6.07, 6.45) is 7.08. The lowest BCUT2D eigenvalue weighted by Crippen LogP contribution is -2.49. The molecular formula is C30H48N4O4S. The standard InChI is InChI=1S/C28H42N4O4S.C2H6/c1-18(2)28(15-19(16-29)17-32-13-8-7-9-21(32)25(33)37-31(5)6)20-10-11-22-24(23(20)30-26(28)34)35-14-12-27(3,4)36-22;1-2/h10-12,14,18-19,21H,7-9,13,15-17,29H2,1-6H3,(H,30,34);1-2H3. The molecule has 39 heavy (non-hydrogen) atoms. The van der Waals surface area contributed by atoms with Gasteiger partial charge < -0.3 is 20.5 Å². The van der Waals surface area contributed by atoms with Gasteiger partial charge in [-0.1, -0.05) is 40.2 Å². The predicted octanol–water partition coefficient (Wildman–Crippen LogP) is 5.18. The topological polar surface area (TPSA) is 97.1 Å². The van der Waals surface area contributed by atoms with Crippen molar-refractivity contribution in [2.24, 2.45) is 17.6 Å². The molecule has 1 aromatic rings.